The first kappa shape index (κ1) is 30.9. The minimum absolute atomic E-state index is 0.0251. The first-order chi connectivity index (χ1) is 19.9. The molecule has 0 unspecified atom stereocenters. The summed E-state index contributed by atoms with van der Waals surface area (Å²) in [5.74, 6) is 0.334. The summed E-state index contributed by atoms with van der Waals surface area (Å²) in [6, 6.07) is 0.0790. The Hall–Kier alpha value is -1.11. The third kappa shape index (κ3) is 4.30. The van der Waals surface area contributed by atoms with E-state index < -0.39 is 41.7 Å². The highest BCUT2D eigenvalue weighted by molar-refractivity contribution is 5.85. The second kappa shape index (κ2) is 11.1. The molecule has 5 fully saturated rings. The number of carbonyl (C=O) groups excluding carboxylic acids is 1. The van der Waals surface area contributed by atoms with Crippen LogP contribution in [0.5, 0.6) is 0 Å². The number of carbonyl (C=O) groups is 1. The van der Waals surface area contributed by atoms with Gasteiger partial charge in [0.2, 0.25) is 0 Å². The minimum Gasteiger partial charge on any atom is -0.458 e. The van der Waals surface area contributed by atoms with Gasteiger partial charge in [0.25, 0.3) is 0 Å². The monoisotopic (exact) mass is 593 g/mol. The van der Waals surface area contributed by atoms with Crippen molar-refractivity contribution in [3.63, 3.8) is 0 Å². The van der Waals surface area contributed by atoms with Crippen molar-refractivity contribution in [2.24, 2.45) is 34.5 Å². The van der Waals surface area contributed by atoms with E-state index >= 15 is 0 Å². The van der Waals surface area contributed by atoms with E-state index in [2.05, 4.69) is 13.8 Å². The van der Waals surface area contributed by atoms with Gasteiger partial charge in [0.05, 0.1) is 24.9 Å². The molecule has 4 saturated carbocycles. The smallest absolute Gasteiger partial charge is 0.331 e. The predicted molar refractivity (Wildman–Crippen MR) is 152 cm³/mol. The Kier molecular flexibility index (Phi) is 8.13. The van der Waals surface area contributed by atoms with Gasteiger partial charge in [0.15, 0.2) is 6.23 Å². The van der Waals surface area contributed by atoms with E-state index in [1.807, 2.05) is 12.0 Å². The molecule has 2 aliphatic heterocycles. The number of hydrogen-bond donors (Lipinski definition) is 3. The summed E-state index contributed by atoms with van der Waals surface area (Å²) >= 11 is 0. The van der Waals surface area contributed by atoms with Crippen molar-refractivity contribution in [1.82, 2.24) is 5.06 Å². The molecule has 0 aromatic heterocycles. The van der Waals surface area contributed by atoms with Gasteiger partial charge in [0, 0.05) is 31.8 Å². The van der Waals surface area contributed by atoms with Crippen LogP contribution >= 0.6 is 0 Å². The van der Waals surface area contributed by atoms with Crippen molar-refractivity contribution in [3.8, 4) is 0 Å². The van der Waals surface area contributed by atoms with Gasteiger partial charge >= 0.3 is 5.97 Å². The van der Waals surface area contributed by atoms with Crippen molar-refractivity contribution < 1.29 is 43.9 Å². The number of rotatable bonds is 6. The Morgan fingerprint density at radius 3 is 2.36 bits per heavy atom. The second-order valence-corrected chi connectivity index (χ2v) is 14.5. The lowest BCUT2D eigenvalue weighted by molar-refractivity contribution is -0.345. The van der Waals surface area contributed by atoms with E-state index in [1.54, 1.807) is 27.4 Å². The fraction of sp³-hybridized carbons (Fsp3) is 0.906. The maximum atomic E-state index is 12.5. The van der Waals surface area contributed by atoms with Crippen molar-refractivity contribution in [1.29, 1.82) is 0 Å². The van der Waals surface area contributed by atoms with Crippen LogP contribution in [0.25, 0.3) is 0 Å². The normalized spacial score (nSPS) is 52.4. The molecule has 1 saturated heterocycles. The van der Waals surface area contributed by atoms with Crippen LogP contribution in [0.15, 0.2) is 11.6 Å². The van der Waals surface area contributed by atoms with E-state index in [0.29, 0.717) is 18.8 Å². The molecule has 238 valence electrons. The summed E-state index contributed by atoms with van der Waals surface area (Å²) < 4.78 is 22.8. The number of ether oxygens (including phenoxy) is 4. The third-order valence-corrected chi connectivity index (χ3v) is 13.2. The average Bonchev–Trinajstić information content (AvgIpc) is 3.50. The molecule has 42 heavy (non-hydrogen) atoms. The number of hydrogen-bond acceptors (Lipinski definition) is 10. The van der Waals surface area contributed by atoms with Gasteiger partial charge in [-0.1, -0.05) is 13.8 Å². The molecule has 0 spiro atoms. The van der Waals surface area contributed by atoms with Gasteiger partial charge in [-0.15, -0.1) is 0 Å². The van der Waals surface area contributed by atoms with Crippen LogP contribution in [0.1, 0.15) is 72.1 Å². The van der Waals surface area contributed by atoms with Crippen molar-refractivity contribution in [2.45, 2.75) is 121 Å². The number of fused-ring (bicyclic) bond motifs is 5. The quantitative estimate of drug-likeness (QED) is 0.312. The van der Waals surface area contributed by atoms with Gasteiger partial charge in [-0.3, -0.25) is 4.84 Å². The molecule has 0 bridgehead atoms. The lowest BCUT2D eigenvalue weighted by atomic mass is 9.42. The zero-order chi connectivity index (χ0) is 30.2. The van der Waals surface area contributed by atoms with Gasteiger partial charge in [0.1, 0.15) is 24.9 Å². The van der Waals surface area contributed by atoms with Crippen LogP contribution in [0.3, 0.4) is 0 Å². The Labute approximate surface area is 249 Å². The summed E-state index contributed by atoms with van der Waals surface area (Å²) in [4.78, 5) is 17.9. The Bertz CT molecular complexity index is 1070. The molecule has 6 rings (SSSR count). The number of nitrogens with zero attached hydrogens (tertiary/aromatic N) is 1. The fourth-order valence-electron chi connectivity index (χ4n) is 10.9. The van der Waals surface area contributed by atoms with Crippen LogP contribution in [-0.4, -0.2) is 103 Å². The molecule has 0 aromatic carbocycles. The molecule has 10 nitrogen and oxygen atoms in total. The summed E-state index contributed by atoms with van der Waals surface area (Å²) in [5.41, 5.74) is -0.789. The van der Waals surface area contributed by atoms with Gasteiger partial charge in [-0.05, 0) is 93.0 Å². The molecule has 3 N–H and O–H groups in total. The maximum Gasteiger partial charge on any atom is 0.331 e. The van der Waals surface area contributed by atoms with E-state index in [9.17, 15) is 20.1 Å². The molecule has 0 radical (unpaired) electrons. The van der Waals surface area contributed by atoms with Crippen LogP contribution in [0, 0.1) is 34.5 Å². The standard InChI is InChI=1S/C32H51NO9/c1-17-27(38-4)26(36)28(39-5)29(42-17)33(40-6)20-9-11-30(2)19(14-20)7-8-22-23(30)15-24(34)31(3)21(10-12-32(22,31)37)18-13-25(35)41-16-18/h13,17,19-24,26-29,34,36-37H,7-12,14-16H2,1-6H3/t17-,19-,20+,21-,22-,23+,24-,26+,27-,28-,29-,30+,31+,32+/m1/s1. The molecule has 0 amide bonds. The van der Waals surface area contributed by atoms with E-state index in [-0.39, 0.29) is 47.9 Å². The highest BCUT2D eigenvalue weighted by Crippen LogP contribution is 2.70. The minimum atomic E-state index is -0.984. The number of hydroxylamine groups is 2. The second-order valence-electron chi connectivity index (χ2n) is 14.5. The van der Waals surface area contributed by atoms with Crippen molar-refractivity contribution >= 4 is 5.97 Å². The zero-order valence-electron chi connectivity index (χ0n) is 26.0. The molecule has 4 aliphatic carbocycles. The van der Waals surface area contributed by atoms with Crippen molar-refractivity contribution in [3.05, 3.63) is 11.6 Å². The third-order valence-electron chi connectivity index (χ3n) is 13.2. The number of esters is 1. The first-order valence-electron chi connectivity index (χ1n) is 15.9. The number of cyclic esters (lactones) is 1. The number of aliphatic hydroxyl groups excluding tert-OH is 2. The topological polar surface area (TPSA) is 127 Å². The van der Waals surface area contributed by atoms with Crippen LogP contribution in [0.2, 0.25) is 0 Å². The first-order valence-corrected chi connectivity index (χ1v) is 15.9. The maximum absolute atomic E-state index is 12.5. The Morgan fingerprint density at radius 2 is 1.71 bits per heavy atom. The molecule has 14 atom stereocenters. The molecule has 2 heterocycles. The highest BCUT2D eigenvalue weighted by Gasteiger charge is 2.71. The van der Waals surface area contributed by atoms with E-state index in [1.165, 1.54) is 0 Å². The lowest BCUT2D eigenvalue weighted by Crippen LogP contribution is -2.68. The summed E-state index contributed by atoms with van der Waals surface area (Å²) in [6.07, 6.45) is 4.75. The fourth-order valence-corrected chi connectivity index (χ4v) is 10.9. The zero-order valence-corrected chi connectivity index (χ0v) is 26.0. The van der Waals surface area contributed by atoms with Gasteiger partial charge in [-0.25, -0.2) is 4.79 Å². The number of methoxy groups -OCH3 is 2. The van der Waals surface area contributed by atoms with Gasteiger partial charge in [-0.2, -0.15) is 5.06 Å². The Balaban J connectivity index is 1.22. The molecular formula is C32H51NO9. The van der Waals surface area contributed by atoms with E-state index in [4.69, 9.17) is 23.8 Å². The summed E-state index contributed by atoms with van der Waals surface area (Å²) in [6.45, 7) is 6.60. The SMILES string of the molecule is CO[C@@H]1[C@@H](O)[C@H](OC)[C@@H](C)O[C@H]1N(OC)[C@H]1CC[C@@]2(C)[C@H](CC[C@@H]3[C@@H]2C[C@@H](O)[C@]2(C)[C@@H](C4=CC(=O)OC4)CC[C@]32O)C1. The van der Waals surface area contributed by atoms with Gasteiger partial charge < -0.3 is 34.3 Å². The summed E-state index contributed by atoms with van der Waals surface area (Å²) in [5, 5.41) is 37.3. The molecular weight excluding hydrogens is 542 g/mol. The molecule has 6 aliphatic rings. The predicted octanol–water partition coefficient (Wildman–Crippen LogP) is 2.58. The van der Waals surface area contributed by atoms with Crippen LogP contribution in [-0.2, 0) is 28.6 Å². The van der Waals surface area contributed by atoms with Crippen LogP contribution in [0.4, 0.5) is 0 Å². The van der Waals surface area contributed by atoms with E-state index in [0.717, 1.165) is 44.1 Å². The molecule has 10 heteroatoms. The highest BCUT2D eigenvalue weighted by atomic mass is 16.7. The average molecular weight is 594 g/mol. The van der Waals surface area contributed by atoms with Crippen LogP contribution < -0.4 is 0 Å². The lowest BCUT2D eigenvalue weighted by Gasteiger charge is -2.65. The Morgan fingerprint density at radius 1 is 0.976 bits per heavy atom. The number of aliphatic hydroxyl groups is 3. The molecule has 0 aromatic rings. The largest absolute Gasteiger partial charge is 0.458 e. The summed E-state index contributed by atoms with van der Waals surface area (Å²) in [7, 11) is 4.80. The van der Waals surface area contributed by atoms with Crippen molar-refractivity contribution in [2.75, 3.05) is 27.9 Å².